The van der Waals surface area contributed by atoms with Crippen molar-refractivity contribution in [1.82, 2.24) is 0 Å². The van der Waals surface area contributed by atoms with E-state index in [0.717, 1.165) is 36.4 Å². The van der Waals surface area contributed by atoms with Crippen LogP contribution < -0.4 is 5.32 Å². The van der Waals surface area contributed by atoms with Crippen LogP contribution in [0.15, 0.2) is 60.7 Å². The van der Waals surface area contributed by atoms with Gasteiger partial charge >= 0.3 is 6.18 Å². The molecule has 0 atom stereocenters. The summed E-state index contributed by atoms with van der Waals surface area (Å²) in [7, 11) is 0. The van der Waals surface area contributed by atoms with Gasteiger partial charge in [0.1, 0.15) is 11.6 Å². The normalized spacial score (nSPS) is 11.0. The van der Waals surface area contributed by atoms with Crippen LogP contribution in [0.4, 0.5) is 33.3 Å². The summed E-state index contributed by atoms with van der Waals surface area (Å²) in [4.78, 5) is 15.5. The summed E-state index contributed by atoms with van der Waals surface area (Å²) in [5.41, 5.74) is -1.68. The Labute approximate surface area is 162 Å². The molecule has 0 aromatic heterocycles. The Bertz CT molecular complexity index is 1120. The number of carbonyl (C=O) groups excluding carboxylic acids is 1. The summed E-state index contributed by atoms with van der Waals surface area (Å²) < 4.78 is 66.5. The van der Waals surface area contributed by atoms with E-state index in [2.05, 4.69) is 10.2 Å². The number of hydrogen-bond donors (Lipinski definition) is 1. The zero-order chi connectivity index (χ0) is 21.2. The highest BCUT2D eigenvalue weighted by Crippen LogP contribution is 2.39. The van der Waals surface area contributed by atoms with Crippen LogP contribution in [-0.4, -0.2) is 5.91 Å². The minimum Gasteiger partial charge on any atom is -0.322 e. The van der Waals surface area contributed by atoms with Crippen molar-refractivity contribution in [3.63, 3.8) is 0 Å². The summed E-state index contributed by atoms with van der Waals surface area (Å²) in [6, 6.07) is 10.9. The largest absolute Gasteiger partial charge is 0.407 e. The van der Waals surface area contributed by atoms with E-state index in [1.807, 2.05) is 0 Å². The van der Waals surface area contributed by atoms with Gasteiger partial charge in [0.2, 0.25) is 0 Å². The van der Waals surface area contributed by atoms with Gasteiger partial charge in [-0.1, -0.05) is 24.3 Å². The molecule has 3 aromatic carbocycles. The molecular weight excluding hydrogens is 391 g/mol. The van der Waals surface area contributed by atoms with Crippen molar-refractivity contribution in [3.05, 3.63) is 94.8 Å². The van der Waals surface area contributed by atoms with Gasteiger partial charge in [-0.15, -0.1) is 0 Å². The minimum absolute atomic E-state index is 0.00557. The first-order chi connectivity index (χ1) is 13.7. The summed E-state index contributed by atoms with van der Waals surface area (Å²) in [6.45, 7) is 6.90. The molecule has 0 aliphatic heterocycles. The van der Waals surface area contributed by atoms with E-state index in [-0.39, 0.29) is 22.4 Å². The van der Waals surface area contributed by atoms with E-state index in [1.54, 1.807) is 0 Å². The van der Waals surface area contributed by atoms with Crippen molar-refractivity contribution >= 4 is 17.3 Å². The molecule has 1 N–H and O–H groups in total. The van der Waals surface area contributed by atoms with Gasteiger partial charge in [-0.3, -0.25) is 4.79 Å². The maximum absolute atomic E-state index is 13.8. The Morgan fingerprint density at radius 3 is 2.17 bits per heavy atom. The Kier molecular flexibility index (Phi) is 5.33. The molecule has 0 saturated heterocycles. The van der Waals surface area contributed by atoms with Crippen LogP contribution in [0.25, 0.3) is 16.0 Å². The number of benzene rings is 3. The monoisotopic (exact) mass is 402 g/mol. The van der Waals surface area contributed by atoms with Gasteiger partial charge in [-0.2, -0.15) is 13.2 Å². The number of alkyl halides is 3. The van der Waals surface area contributed by atoms with Crippen LogP contribution in [0.2, 0.25) is 0 Å². The summed E-state index contributed by atoms with van der Waals surface area (Å²) in [5.74, 6) is -2.06. The third kappa shape index (κ3) is 4.41. The predicted molar refractivity (Wildman–Crippen MR) is 97.5 cm³/mol. The van der Waals surface area contributed by atoms with Crippen molar-refractivity contribution in [3.8, 4) is 11.1 Å². The number of amides is 1. The second kappa shape index (κ2) is 7.72. The lowest BCUT2D eigenvalue weighted by atomic mass is 9.96. The predicted octanol–water partition coefficient (Wildman–Crippen LogP) is 6.45. The van der Waals surface area contributed by atoms with Gasteiger partial charge in [0.25, 0.3) is 5.91 Å². The van der Waals surface area contributed by atoms with Crippen molar-refractivity contribution in [2.24, 2.45) is 0 Å². The molecule has 0 aliphatic carbocycles. The van der Waals surface area contributed by atoms with Gasteiger partial charge in [0.15, 0.2) is 5.69 Å². The standard InChI is InChI=1S/C21H11F5N2O/c1-27-19-9-2-12(10-18(19)21(24,25)26)16-8-5-14(23)11-17(16)20(29)28-15-6-3-13(22)4-7-15/h2-11H,(H,28,29). The molecule has 0 spiro atoms. The van der Waals surface area contributed by atoms with Crippen molar-refractivity contribution in [2.75, 3.05) is 5.32 Å². The van der Waals surface area contributed by atoms with Gasteiger partial charge in [0, 0.05) is 5.69 Å². The minimum atomic E-state index is -4.77. The summed E-state index contributed by atoms with van der Waals surface area (Å²) in [5, 5.41) is 2.45. The average Bonchev–Trinajstić information content (AvgIpc) is 2.68. The Balaban J connectivity index is 2.07. The molecule has 0 saturated carbocycles. The lowest BCUT2D eigenvalue weighted by Gasteiger charge is -2.14. The smallest absolute Gasteiger partial charge is 0.322 e. The lowest BCUT2D eigenvalue weighted by molar-refractivity contribution is -0.136. The van der Waals surface area contributed by atoms with Crippen LogP contribution in [0.1, 0.15) is 15.9 Å². The fourth-order valence-corrected chi connectivity index (χ4v) is 2.72. The van der Waals surface area contributed by atoms with Crippen LogP contribution >= 0.6 is 0 Å². The molecular formula is C21H11F5N2O. The summed E-state index contributed by atoms with van der Waals surface area (Å²) >= 11 is 0. The van der Waals surface area contributed by atoms with E-state index in [0.29, 0.717) is 0 Å². The van der Waals surface area contributed by atoms with E-state index >= 15 is 0 Å². The van der Waals surface area contributed by atoms with Crippen molar-refractivity contribution in [1.29, 1.82) is 0 Å². The first kappa shape index (κ1) is 20.0. The zero-order valence-corrected chi connectivity index (χ0v) is 14.5. The zero-order valence-electron chi connectivity index (χ0n) is 14.5. The maximum atomic E-state index is 13.8. The second-order valence-electron chi connectivity index (χ2n) is 5.99. The molecule has 0 unspecified atom stereocenters. The molecule has 3 nitrogen and oxygen atoms in total. The first-order valence-electron chi connectivity index (χ1n) is 8.14. The molecule has 146 valence electrons. The molecule has 0 aliphatic rings. The van der Waals surface area contributed by atoms with Crippen molar-refractivity contribution < 1.29 is 26.7 Å². The lowest BCUT2D eigenvalue weighted by Crippen LogP contribution is -2.14. The van der Waals surface area contributed by atoms with E-state index in [4.69, 9.17) is 6.57 Å². The van der Waals surface area contributed by atoms with Crippen LogP contribution in [0, 0.1) is 18.2 Å². The number of rotatable bonds is 3. The molecule has 8 heteroatoms. The number of halogens is 5. The van der Waals surface area contributed by atoms with Crippen molar-refractivity contribution in [2.45, 2.75) is 6.18 Å². The van der Waals surface area contributed by atoms with E-state index < -0.39 is 35.0 Å². The van der Waals surface area contributed by atoms with E-state index in [9.17, 15) is 26.7 Å². The van der Waals surface area contributed by atoms with E-state index in [1.165, 1.54) is 24.3 Å². The molecule has 29 heavy (non-hydrogen) atoms. The fraction of sp³-hybridized carbons (Fsp3) is 0.0476. The number of carbonyl (C=O) groups is 1. The van der Waals surface area contributed by atoms with Gasteiger partial charge < -0.3 is 5.32 Å². The van der Waals surface area contributed by atoms with Gasteiger partial charge in [0.05, 0.1) is 17.7 Å². The first-order valence-corrected chi connectivity index (χ1v) is 8.14. The Hall–Kier alpha value is -3.73. The second-order valence-corrected chi connectivity index (χ2v) is 5.99. The quantitative estimate of drug-likeness (QED) is 0.396. The number of hydrogen-bond acceptors (Lipinski definition) is 1. The third-order valence-corrected chi connectivity index (χ3v) is 4.06. The highest BCUT2D eigenvalue weighted by Gasteiger charge is 2.34. The SMILES string of the molecule is [C-]#[N+]c1ccc(-c2ccc(F)cc2C(=O)Nc2ccc(F)cc2)cc1C(F)(F)F. The molecule has 3 aromatic rings. The topological polar surface area (TPSA) is 33.5 Å². The maximum Gasteiger partial charge on any atom is 0.407 e. The van der Waals surface area contributed by atoms with Gasteiger partial charge in [-0.25, -0.2) is 13.6 Å². The Morgan fingerprint density at radius 1 is 0.897 bits per heavy atom. The van der Waals surface area contributed by atoms with Crippen LogP contribution in [-0.2, 0) is 6.18 Å². The fourth-order valence-electron chi connectivity index (χ4n) is 2.72. The molecule has 0 radical (unpaired) electrons. The molecule has 0 fully saturated rings. The van der Waals surface area contributed by atoms with Crippen LogP contribution in [0.3, 0.4) is 0 Å². The number of anilines is 1. The number of nitrogens with one attached hydrogen (secondary N) is 1. The molecule has 0 heterocycles. The van der Waals surface area contributed by atoms with Gasteiger partial charge in [-0.05, 0) is 47.5 Å². The average molecular weight is 402 g/mol. The molecule has 0 bridgehead atoms. The Morgan fingerprint density at radius 2 is 1.55 bits per heavy atom. The molecule has 3 rings (SSSR count). The summed E-state index contributed by atoms with van der Waals surface area (Å²) in [6.07, 6.45) is -4.77. The third-order valence-electron chi connectivity index (χ3n) is 4.06. The van der Waals surface area contributed by atoms with Crippen LogP contribution in [0.5, 0.6) is 0 Å². The number of nitrogens with zero attached hydrogens (tertiary/aromatic N) is 1. The highest BCUT2D eigenvalue weighted by molar-refractivity contribution is 6.08. The highest BCUT2D eigenvalue weighted by atomic mass is 19.4. The molecule has 1 amide bonds.